The van der Waals surface area contributed by atoms with E-state index in [9.17, 15) is 0 Å². The Morgan fingerprint density at radius 2 is 0.967 bits per heavy atom. The van der Waals surface area contributed by atoms with Crippen molar-refractivity contribution in [3.05, 3.63) is 121 Å². The van der Waals surface area contributed by atoms with Crippen LogP contribution in [0.1, 0.15) is 6.92 Å². The summed E-state index contributed by atoms with van der Waals surface area (Å²) in [6, 6.07) is 43.5. The van der Waals surface area contributed by atoms with E-state index in [1.165, 1.54) is 21.2 Å². The lowest BCUT2D eigenvalue weighted by Gasteiger charge is -2.29. The number of rotatable bonds is 5. The van der Waals surface area contributed by atoms with Crippen molar-refractivity contribution >= 4 is 42.0 Å². The van der Waals surface area contributed by atoms with Crippen LogP contribution < -0.4 is 21.2 Å². The summed E-state index contributed by atoms with van der Waals surface area (Å²) in [6.07, 6.45) is 0. The highest BCUT2D eigenvalue weighted by Crippen LogP contribution is 2.70. The van der Waals surface area contributed by atoms with E-state index >= 15 is 0 Å². The smallest absolute Gasteiger partial charge is 0.137 e. The predicted octanol–water partition coefficient (Wildman–Crippen LogP) is 5.25. The molecular formula is C27H24OP2. The number of benzene rings is 4. The highest BCUT2D eigenvalue weighted by atomic mass is 31.2. The van der Waals surface area contributed by atoms with Gasteiger partial charge in [0.05, 0.1) is 8.15 Å². The van der Waals surface area contributed by atoms with Gasteiger partial charge in [-0.2, -0.15) is 0 Å². The summed E-state index contributed by atoms with van der Waals surface area (Å²) in [7, 11) is -0.654. The summed E-state index contributed by atoms with van der Waals surface area (Å²) >= 11 is 0. The fraction of sp³-hybridized carbons (Fsp3) is 0.0741. The van der Waals surface area contributed by atoms with Crippen molar-refractivity contribution in [2.24, 2.45) is 0 Å². The molecule has 3 heteroatoms. The van der Waals surface area contributed by atoms with Gasteiger partial charge in [-0.3, -0.25) is 0 Å². The molecule has 2 atom stereocenters. The molecule has 5 rings (SSSR count). The molecule has 0 bridgehead atoms. The van der Waals surface area contributed by atoms with Crippen molar-refractivity contribution in [1.82, 2.24) is 0 Å². The van der Waals surface area contributed by atoms with Gasteiger partial charge in [0, 0.05) is 5.30 Å². The van der Waals surface area contributed by atoms with Crippen LogP contribution in [0.5, 0.6) is 0 Å². The third-order valence-electron chi connectivity index (χ3n) is 5.56. The van der Waals surface area contributed by atoms with Crippen molar-refractivity contribution < 1.29 is 4.52 Å². The van der Waals surface area contributed by atoms with E-state index in [4.69, 9.17) is 4.52 Å². The molecule has 1 nitrogen and oxygen atoms in total. The molecule has 1 saturated heterocycles. The minimum Gasteiger partial charge on any atom is -0.334 e. The molecule has 2 unspecified atom stereocenters. The summed E-state index contributed by atoms with van der Waals surface area (Å²) in [4.78, 5) is 0. The highest BCUT2D eigenvalue weighted by Gasteiger charge is 2.54. The van der Waals surface area contributed by atoms with Crippen LogP contribution in [0.3, 0.4) is 0 Å². The Labute approximate surface area is 180 Å². The third-order valence-corrected chi connectivity index (χ3v) is 12.2. The van der Waals surface area contributed by atoms with Crippen LogP contribution in [0, 0.1) is 0 Å². The van der Waals surface area contributed by atoms with Gasteiger partial charge in [-0.25, -0.2) is 0 Å². The molecule has 30 heavy (non-hydrogen) atoms. The maximum absolute atomic E-state index is 6.45. The van der Waals surface area contributed by atoms with E-state index in [2.05, 4.69) is 134 Å². The Balaban J connectivity index is 1.78. The molecule has 0 radical (unpaired) electrons. The van der Waals surface area contributed by atoms with Gasteiger partial charge >= 0.3 is 0 Å². The van der Waals surface area contributed by atoms with E-state index in [1.807, 2.05) is 0 Å². The molecule has 0 aliphatic carbocycles. The largest absolute Gasteiger partial charge is 0.334 e. The zero-order valence-electron chi connectivity index (χ0n) is 16.9. The standard InChI is InChI=1S/C27H24OP2/c1-27(28-29(27)23-14-6-2-7-15-23)22-30(24-16-8-3-9-17-24,25-18-10-4-11-19-25)26-20-12-5-13-21-26/h2-22H,1H3. The van der Waals surface area contributed by atoms with E-state index in [-0.39, 0.29) is 5.34 Å². The first kappa shape index (κ1) is 19.5. The van der Waals surface area contributed by atoms with Gasteiger partial charge in [-0.05, 0) is 35.5 Å². The van der Waals surface area contributed by atoms with Crippen molar-refractivity contribution in [3.8, 4) is 0 Å². The zero-order valence-corrected chi connectivity index (χ0v) is 18.7. The van der Waals surface area contributed by atoms with E-state index in [0.29, 0.717) is 0 Å². The van der Waals surface area contributed by atoms with Crippen LogP contribution in [0.2, 0.25) is 0 Å². The molecule has 1 aliphatic heterocycles. The van der Waals surface area contributed by atoms with Gasteiger partial charge in [-0.15, -0.1) is 0 Å². The normalized spacial score (nSPS) is 20.5. The second-order valence-corrected chi connectivity index (χ2v) is 13.1. The minimum atomic E-state index is -2.00. The summed E-state index contributed by atoms with van der Waals surface area (Å²) in [5.41, 5.74) is 0. The summed E-state index contributed by atoms with van der Waals surface area (Å²) < 4.78 is 6.45. The Hall–Kier alpha value is -2.43. The highest BCUT2D eigenvalue weighted by molar-refractivity contribution is 7.95. The van der Waals surface area contributed by atoms with E-state index in [0.717, 1.165) is 0 Å². The second kappa shape index (κ2) is 8.01. The predicted molar refractivity (Wildman–Crippen MR) is 134 cm³/mol. The van der Waals surface area contributed by atoms with Crippen LogP contribution in [0.4, 0.5) is 0 Å². The first-order valence-electron chi connectivity index (χ1n) is 10.2. The first-order valence-corrected chi connectivity index (χ1v) is 13.3. The van der Waals surface area contributed by atoms with Crippen LogP contribution in [-0.2, 0) is 4.52 Å². The molecular weight excluding hydrogens is 402 g/mol. The quantitative estimate of drug-likeness (QED) is 0.314. The van der Waals surface area contributed by atoms with Crippen molar-refractivity contribution in [2.75, 3.05) is 0 Å². The summed E-state index contributed by atoms with van der Waals surface area (Å²) in [5.74, 6) is 2.55. The maximum atomic E-state index is 6.45. The van der Waals surface area contributed by atoms with Gasteiger partial charge in [0.2, 0.25) is 0 Å². The lowest BCUT2D eigenvalue weighted by Crippen LogP contribution is -2.29. The van der Waals surface area contributed by atoms with E-state index in [1.54, 1.807) is 0 Å². The molecule has 0 spiro atoms. The fourth-order valence-electron chi connectivity index (χ4n) is 4.13. The average Bonchev–Trinajstić information content (AvgIpc) is 3.51. The lowest BCUT2D eigenvalue weighted by molar-refractivity contribution is 0.433. The Morgan fingerprint density at radius 1 is 0.600 bits per heavy atom. The van der Waals surface area contributed by atoms with E-state index < -0.39 is 15.0 Å². The van der Waals surface area contributed by atoms with Crippen LogP contribution in [-0.4, -0.2) is 11.1 Å². The zero-order chi connectivity index (χ0) is 20.4. The molecule has 4 aromatic rings. The van der Waals surface area contributed by atoms with Gasteiger partial charge in [0.25, 0.3) is 0 Å². The van der Waals surface area contributed by atoms with Crippen molar-refractivity contribution in [2.45, 2.75) is 12.3 Å². The fourth-order valence-corrected chi connectivity index (χ4v) is 10.8. The molecule has 0 saturated carbocycles. The SMILES string of the molecule is CC1(C=P(c2ccccc2)(c2ccccc2)c2ccccc2)OP1c1ccccc1. The third kappa shape index (κ3) is 3.48. The van der Waals surface area contributed by atoms with Gasteiger partial charge in [0.15, 0.2) is 0 Å². The van der Waals surface area contributed by atoms with Crippen molar-refractivity contribution in [3.63, 3.8) is 0 Å². The van der Waals surface area contributed by atoms with Gasteiger partial charge < -0.3 is 4.52 Å². The molecule has 1 fully saturated rings. The molecule has 0 amide bonds. The Morgan fingerprint density at radius 3 is 1.37 bits per heavy atom. The second-order valence-electron chi connectivity index (χ2n) is 7.63. The Kier molecular flexibility index (Phi) is 5.21. The molecule has 0 N–H and O–H groups in total. The number of hydrogen-bond donors (Lipinski definition) is 0. The summed E-state index contributed by atoms with van der Waals surface area (Å²) in [5, 5.41) is 5.15. The maximum Gasteiger partial charge on any atom is 0.137 e. The Bertz CT molecular complexity index is 1070. The lowest BCUT2D eigenvalue weighted by atomic mass is 10.4. The molecule has 1 aliphatic rings. The van der Waals surface area contributed by atoms with Gasteiger partial charge in [0.1, 0.15) is 5.34 Å². The number of hydrogen-bond acceptors (Lipinski definition) is 1. The molecule has 148 valence electrons. The monoisotopic (exact) mass is 426 g/mol. The van der Waals surface area contributed by atoms with Crippen molar-refractivity contribution in [1.29, 1.82) is 0 Å². The first-order chi connectivity index (χ1) is 14.7. The molecule has 4 aromatic carbocycles. The summed E-state index contributed by atoms with van der Waals surface area (Å²) in [6.45, 7) is 0.255. The minimum absolute atomic E-state index is 0.244. The van der Waals surface area contributed by atoms with Crippen LogP contribution in [0.25, 0.3) is 0 Å². The van der Waals surface area contributed by atoms with Crippen LogP contribution >= 0.6 is 15.0 Å². The molecule has 1 heterocycles. The average molecular weight is 426 g/mol. The van der Waals surface area contributed by atoms with Crippen LogP contribution in [0.15, 0.2) is 121 Å². The topological polar surface area (TPSA) is 12.5 Å². The van der Waals surface area contributed by atoms with Gasteiger partial charge in [-0.1, -0.05) is 121 Å². The molecule has 0 aromatic heterocycles.